The second-order valence-electron chi connectivity index (χ2n) is 8.12. The van der Waals surface area contributed by atoms with Gasteiger partial charge in [-0.3, -0.25) is 4.79 Å². The van der Waals surface area contributed by atoms with Crippen LogP contribution in [0.5, 0.6) is 0 Å². The van der Waals surface area contributed by atoms with Crippen molar-refractivity contribution >= 4 is 17.7 Å². The minimum absolute atomic E-state index is 0.0646. The molecule has 1 saturated carbocycles. The second kappa shape index (κ2) is 7.21. The van der Waals surface area contributed by atoms with Crippen LogP contribution < -0.4 is 0 Å². The third-order valence-electron chi connectivity index (χ3n) is 6.27. The van der Waals surface area contributed by atoms with Crippen LogP contribution in [0.25, 0.3) is 0 Å². The molecular weight excluding hydrogens is 304 g/mol. The predicted octanol–water partition coefficient (Wildman–Crippen LogP) is 5.22. The van der Waals surface area contributed by atoms with Crippen LogP contribution in [-0.4, -0.2) is 23.6 Å². The van der Waals surface area contributed by atoms with Gasteiger partial charge < -0.3 is 4.74 Å². The van der Waals surface area contributed by atoms with Crippen LogP contribution in [0.2, 0.25) is 0 Å². The lowest BCUT2D eigenvalue weighted by molar-refractivity contribution is -0.144. The molecule has 0 aromatic rings. The van der Waals surface area contributed by atoms with Crippen molar-refractivity contribution in [3.8, 4) is 0 Å². The molecule has 5 atom stereocenters. The number of hydrogen-bond donors (Lipinski definition) is 0. The highest BCUT2D eigenvalue weighted by atomic mass is 32.2. The van der Waals surface area contributed by atoms with Crippen molar-refractivity contribution in [3.63, 3.8) is 0 Å². The van der Waals surface area contributed by atoms with Gasteiger partial charge >= 0.3 is 5.97 Å². The predicted molar refractivity (Wildman–Crippen MR) is 97.5 cm³/mol. The van der Waals surface area contributed by atoms with E-state index in [0.29, 0.717) is 11.8 Å². The molecule has 0 spiro atoms. The third-order valence-corrected chi connectivity index (χ3v) is 7.44. The monoisotopic (exact) mass is 336 g/mol. The average molecular weight is 337 g/mol. The van der Waals surface area contributed by atoms with Gasteiger partial charge in [0.15, 0.2) is 0 Å². The Bertz CT molecular complexity index is 472. The lowest BCUT2D eigenvalue weighted by Gasteiger charge is -2.46. The van der Waals surface area contributed by atoms with Crippen LogP contribution in [0.4, 0.5) is 0 Å². The number of allylic oxidation sites excluding steroid dienone is 1. The third kappa shape index (κ3) is 3.50. The number of hydrogen-bond acceptors (Lipinski definition) is 3. The van der Waals surface area contributed by atoms with Gasteiger partial charge in [0.25, 0.3) is 0 Å². The van der Waals surface area contributed by atoms with E-state index < -0.39 is 0 Å². The first-order valence-electron chi connectivity index (χ1n) is 9.55. The zero-order valence-corrected chi connectivity index (χ0v) is 15.8. The van der Waals surface area contributed by atoms with Crippen LogP contribution >= 0.6 is 11.8 Å². The minimum atomic E-state index is 0.0646. The van der Waals surface area contributed by atoms with E-state index in [0.717, 1.165) is 12.2 Å². The van der Waals surface area contributed by atoms with Crippen molar-refractivity contribution in [2.24, 2.45) is 23.2 Å². The molecule has 23 heavy (non-hydrogen) atoms. The van der Waals surface area contributed by atoms with Gasteiger partial charge in [-0.15, -0.1) is 0 Å². The Hall–Kier alpha value is -0.440. The van der Waals surface area contributed by atoms with Crippen molar-refractivity contribution < 1.29 is 9.53 Å². The van der Waals surface area contributed by atoms with Gasteiger partial charge in [0.1, 0.15) is 6.10 Å². The van der Waals surface area contributed by atoms with Gasteiger partial charge in [-0.25, -0.2) is 0 Å². The molecule has 3 heteroatoms. The maximum atomic E-state index is 12.4. The van der Waals surface area contributed by atoms with Crippen LogP contribution in [0, 0.1) is 23.2 Å². The van der Waals surface area contributed by atoms with E-state index in [-0.39, 0.29) is 23.4 Å². The van der Waals surface area contributed by atoms with E-state index >= 15 is 0 Å². The summed E-state index contributed by atoms with van der Waals surface area (Å²) >= 11 is 1.95. The molecule has 2 aliphatic carbocycles. The number of carbonyl (C=O) groups is 1. The van der Waals surface area contributed by atoms with Crippen molar-refractivity contribution in [1.29, 1.82) is 0 Å². The molecule has 2 nitrogen and oxygen atoms in total. The van der Waals surface area contributed by atoms with Gasteiger partial charge in [0.05, 0.1) is 5.92 Å². The smallest absolute Gasteiger partial charge is 0.310 e. The largest absolute Gasteiger partial charge is 0.461 e. The van der Waals surface area contributed by atoms with E-state index in [1.165, 1.54) is 44.3 Å². The van der Waals surface area contributed by atoms with E-state index in [1.54, 1.807) is 5.57 Å². The van der Waals surface area contributed by atoms with Crippen molar-refractivity contribution in [3.05, 3.63) is 11.6 Å². The first kappa shape index (κ1) is 17.4. The number of fused-ring (bicyclic) bond motifs is 2. The Balaban J connectivity index is 1.68. The maximum absolute atomic E-state index is 12.4. The molecule has 1 heterocycles. The quantitative estimate of drug-likeness (QED) is 0.378. The molecule has 1 aliphatic heterocycles. The number of esters is 1. The molecule has 3 aliphatic rings. The molecule has 0 amide bonds. The van der Waals surface area contributed by atoms with Gasteiger partial charge in [-0.05, 0) is 42.8 Å². The SMILES string of the molecule is CCCCCSCC1C(=O)OC2CC3(C)CCCC(C)C3=CC21. The summed E-state index contributed by atoms with van der Waals surface area (Å²) in [4.78, 5) is 12.4. The highest BCUT2D eigenvalue weighted by Crippen LogP contribution is 2.54. The number of rotatable bonds is 6. The Morgan fingerprint density at radius 2 is 2.22 bits per heavy atom. The molecule has 3 rings (SSSR count). The van der Waals surface area contributed by atoms with Crippen LogP contribution in [0.3, 0.4) is 0 Å². The van der Waals surface area contributed by atoms with E-state index in [4.69, 9.17) is 4.74 Å². The molecular formula is C20H32O2S. The number of thioether (sulfide) groups is 1. The van der Waals surface area contributed by atoms with Crippen molar-refractivity contribution in [2.45, 2.75) is 71.8 Å². The summed E-state index contributed by atoms with van der Waals surface area (Å²) in [5, 5.41) is 0. The summed E-state index contributed by atoms with van der Waals surface area (Å²) in [7, 11) is 0. The molecule has 0 radical (unpaired) electrons. The van der Waals surface area contributed by atoms with Gasteiger partial charge in [0, 0.05) is 11.7 Å². The first-order valence-corrected chi connectivity index (χ1v) is 10.7. The van der Waals surface area contributed by atoms with Crippen molar-refractivity contribution in [2.75, 3.05) is 11.5 Å². The summed E-state index contributed by atoms with van der Waals surface area (Å²) in [6.45, 7) is 7.00. The lowest BCUT2D eigenvalue weighted by Crippen LogP contribution is -2.39. The summed E-state index contributed by atoms with van der Waals surface area (Å²) in [5.41, 5.74) is 1.91. The van der Waals surface area contributed by atoms with Gasteiger partial charge in [-0.1, -0.05) is 51.7 Å². The summed E-state index contributed by atoms with van der Waals surface area (Å²) < 4.78 is 5.81. The van der Waals surface area contributed by atoms with E-state index in [1.807, 2.05) is 11.8 Å². The Morgan fingerprint density at radius 3 is 3.00 bits per heavy atom. The topological polar surface area (TPSA) is 26.3 Å². The highest BCUT2D eigenvalue weighted by Gasteiger charge is 2.51. The minimum Gasteiger partial charge on any atom is -0.461 e. The van der Waals surface area contributed by atoms with E-state index in [2.05, 4.69) is 26.8 Å². The fourth-order valence-electron chi connectivity index (χ4n) is 4.91. The summed E-state index contributed by atoms with van der Waals surface area (Å²) in [6, 6.07) is 0. The normalized spacial score (nSPS) is 39.4. The molecule has 130 valence electrons. The molecule has 5 unspecified atom stereocenters. The summed E-state index contributed by atoms with van der Waals surface area (Å²) in [6.07, 6.45) is 11.4. The molecule has 0 N–H and O–H groups in total. The van der Waals surface area contributed by atoms with Gasteiger partial charge in [-0.2, -0.15) is 11.8 Å². The van der Waals surface area contributed by atoms with Crippen LogP contribution in [0.1, 0.15) is 65.7 Å². The van der Waals surface area contributed by atoms with E-state index in [9.17, 15) is 4.79 Å². The average Bonchev–Trinajstić information content (AvgIpc) is 2.79. The van der Waals surface area contributed by atoms with Gasteiger partial charge in [0.2, 0.25) is 0 Å². The maximum Gasteiger partial charge on any atom is 0.310 e. The Morgan fingerprint density at radius 1 is 1.39 bits per heavy atom. The molecule has 1 saturated heterocycles. The molecule has 0 aromatic carbocycles. The molecule has 2 fully saturated rings. The molecule has 0 bridgehead atoms. The number of carbonyl (C=O) groups excluding carboxylic acids is 1. The van der Waals surface area contributed by atoms with Crippen molar-refractivity contribution in [1.82, 2.24) is 0 Å². The highest BCUT2D eigenvalue weighted by molar-refractivity contribution is 7.99. The second-order valence-corrected chi connectivity index (χ2v) is 9.27. The fraction of sp³-hybridized carbons (Fsp3) is 0.850. The summed E-state index contributed by atoms with van der Waals surface area (Å²) in [5.74, 6) is 3.30. The van der Waals surface area contributed by atoms with Crippen LogP contribution in [0.15, 0.2) is 11.6 Å². The lowest BCUT2D eigenvalue weighted by atomic mass is 9.59. The zero-order chi connectivity index (χ0) is 16.4. The Labute approximate surface area is 145 Å². The fourth-order valence-corrected chi connectivity index (χ4v) is 6.09. The molecule has 0 aromatic heterocycles. The standard InChI is InChI=1S/C20H32O2S/c1-4-5-6-10-23-13-16-15-11-17-14(2)8-7-9-20(17,3)12-18(15)22-19(16)21/h11,14-16,18H,4-10,12-13H2,1-3H3. The zero-order valence-electron chi connectivity index (χ0n) is 15.0. The first-order chi connectivity index (χ1) is 11.0. The number of ether oxygens (including phenoxy) is 1. The van der Waals surface area contributed by atoms with Crippen LogP contribution in [-0.2, 0) is 9.53 Å². The number of unbranched alkanes of at least 4 members (excludes halogenated alkanes) is 2. The Kier molecular flexibility index (Phi) is 5.45.